The van der Waals surface area contributed by atoms with Crippen molar-refractivity contribution in [3.05, 3.63) is 86.8 Å². The first kappa shape index (κ1) is 25.3. The van der Waals surface area contributed by atoms with E-state index in [4.69, 9.17) is 16.3 Å². The molecular weight excluding hydrogens is 526 g/mol. The summed E-state index contributed by atoms with van der Waals surface area (Å²) in [6, 6.07) is 16.7. The van der Waals surface area contributed by atoms with Crippen molar-refractivity contribution in [2.75, 3.05) is 10.9 Å². The van der Waals surface area contributed by atoms with Gasteiger partial charge in [-0.2, -0.15) is 4.31 Å². The molecule has 8 heteroatoms. The second-order valence-electron chi connectivity index (χ2n) is 7.71. The lowest BCUT2D eigenvalue weighted by Crippen LogP contribution is -2.40. The van der Waals surface area contributed by atoms with Gasteiger partial charge in [-0.25, -0.2) is 8.42 Å². The van der Waals surface area contributed by atoms with Crippen LogP contribution in [0.25, 0.3) is 0 Å². The number of rotatable bonds is 8. The van der Waals surface area contributed by atoms with Crippen LogP contribution in [0.2, 0.25) is 5.02 Å². The third-order valence-corrected chi connectivity index (χ3v) is 7.67. The average Bonchev–Trinajstić information content (AvgIpc) is 2.76. The molecule has 3 aromatic carbocycles. The predicted octanol–water partition coefficient (Wildman–Crippen LogP) is 6.47. The number of anilines is 1. The number of nitrogens with zero attached hydrogens (tertiary/aromatic N) is 1. The molecule has 33 heavy (non-hydrogen) atoms. The zero-order valence-corrected chi connectivity index (χ0v) is 21.8. The largest absolute Gasteiger partial charge is 0.483 e. The van der Waals surface area contributed by atoms with Crippen LogP contribution in [0.5, 0.6) is 5.75 Å². The Balaban J connectivity index is 1.96. The molecule has 0 aliphatic heterocycles. The van der Waals surface area contributed by atoms with Gasteiger partial charge in [-0.3, -0.25) is 4.79 Å². The van der Waals surface area contributed by atoms with E-state index in [0.717, 1.165) is 28.3 Å². The maximum Gasteiger partial charge on any atom is 0.278 e. The Morgan fingerprint density at radius 1 is 1.03 bits per heavy atom. The average molecular weight is 551 g/mol. The van der Waals surface area contributed by atoms with Gasteiger partial charge in [0, 0.05) is 5.02 Å². The third kappa shape index (κ3) is 5.96. The van der Waals surface area contributed by atoms with Crippen LogP contribution in [0.1, 0.15) is 30.0 Å². The van der Waals surface area contributed by atoms with Crippen molar-refractivity contribution in [2.24, 2.45) is 0 Å². The Morgan fingerprint density at radius 3 is 2.36 bits per heavy atom. The van der Waals surface area contributed by atoms with Crippen molar-refractivity contribution >= 4 is 49.1 Å². The topological polar surface area (TPSA) is 63.7 Å². The highest BCUT2D eigenvalue weighted by Crippen LogP contribution is 2.30. The van der Waals surface area contributed by atoms with Gasteiger partial charge >= 0.3 is 0 Å². The lowest BCUT2D eigenvalue weighted by Gasteiger charge is -2.25. The summed E-state index contributed by atoms with van der Waals surface area (Å²) in [5.41, 5.74) is 2.91. The molecule has 0 fully saturated rings. The van der Waals surface area contributed by atoms with Gasteiger partial charge in [0.2, 0.25) is 0 Å². The minimum absolute atomic E-state index is 0.0359. The Bertz CT molecular complexity index is 1260. The molecule has 0 unspecified atom stereocenters. The fourth-order valence-corrected chi connectivity index (χ4v) is 5.49. The van der Waals surface area contributed by atoms with Crippen molar-refractivity contribution in [1.29, 1.82) is 0 Å². The van der Waals surface area contributed by atoms with Crippen LogP contribution in [0.4, 0.5) is 5.69 Å². The summed E-state index contributed by atoms with van der Waals surface area (Å²) >= 11 is 9.40. The molecule has 0 spiro atoms. The number of aryl methyl sites for hydroxylation is 3. The lowest BCUT2D eigenvalue weighted by molar-refractivity contribution is -0.119. The summed E-state index contributed by atoms with van der Waals surface area (Å²) < 4.78 is 34.3. The van der Waals surface area contributed by atoms with Gasteiger partial charge in [-0.05, 0) is 95.4 Å². The highest BCUT2D eigenvalue weighted by atomic mass is 79.9. The number of carbonyl (C=O) groups is 1. The summed E-state index contributed by atoms with van der Waals surface area (Å²) in [6.45, 7) is 5.24. The zero-order valence-electron chi connectivity index (χ0n) is 18.6. The van der Waals surface area contributed by atoms with Crippen LogP contribution in [0.15, 0.2) is 70.0 Å². The molecule has 0 heterocycles. The summed E-state index contributed by atoms with van der Waals surface area (Å²) in [6.07, 6.45) is 1.94. The highest BCUT2D eigenvalue weighted by Gasteiger charge is 2.32. The second-order valence-corrected chi connectivity index (χ2v) is 10.8. The number of hydrogen-bond acceptors (Lipinski definition) is 4. The first-order valence-corrected chi connectivity index (χ1v) is 13.1. The maximum absolute atomic E-state index is 13.5. The van der Waals surface area contributed by atoms with Crippen LogP contribution >= 0.6 is 27.5 Å². The van der Waals surface area contributed by atoms with Crippen LogP contribution in [-0.4, -0.2) is 20.9 Å². The van der Waals surface area contributed by atoms with Gasteiger partial charge in [0.25, 0.3) is 15.9 Å². The number of amides is 1. The van der Waals surface area contributed by atoms with E-state index in [9.17, 15) is 13.2 Å². The van der Waals surface area contributed by atoms with E-state index in [0.29, 0.717) is 20.8 Å². The molecule has 5 nitrogen and oxygen atoms in total. The van der Waals surface area contributed by atoms with E-state index in [1.807, 2.05) is 25.1 Å². The fraction of sp³-hybridized carbons (Fsp3) is 0.240. The smallest absolute Gasteiger partial charge is 0.278 e. The molecule has 174 valence electrons. The SMILES string of the molecule is CCCc1ccc(OCC(=O)N(c2cc(C)ccc2C)S(=O)(=O)c2ccc(Cl)cc2)c(Br)c1. The first-order valence-electron chi connectivity index (χ1n) is 10.5. The summed E-state index contributed by atoms with van der Waals surface area (Å²) in [5.74, 6) is -0.240. The van der Waals surface area contributed by atoms with Gasteiger partial charge < -0.3 is 4.74 Å². The Labute approximate surface area is 208 Å². The van der Waals surface area contributed by atoms with E-state index in [1.54, 1.807) is 25.1 Å². The monoisotopic (exact) mass is 549 g/mol. The van der Waals surface area contributed by atoms with Crippen LogP contribution in [-0.2, 0) is 21.2 Å². The van der Waals surface area contributed by atoms with Crippen LogP contribution in [0, 0.1) is 13.8 Å². The molecule has 0 bridgehead atoms. The molecule has 0 N–H and O–H groups in total. The molecule has 0 aromatic heterocycles. The second kappa shape index (κ2) is 10.7. The van der Waals surface area contributed by atoms with Crippen LogP contribution < -0.4 is 9.04 Å². The van der Waals surface area contributed by atoms with Crippen molar-refractivity contribution in [1.82, 2.24) is 0 Å². The number of hydrogen-bond donors (Lipinski definition) is 0. The Hall–Kier alpha value is -2.35. The quantitative estimate of drug-likeness (QED) is 0.322. The zero-order chi connectivity index (χ0) is 24.2. The molecule has 0 aliphatic rings. The highest BCUT2D eigenvalue weighted by molar-refractivity contribution is 9.10. The van der Waals surface area contributed by atoms with E-state index >= 15 is 0 Å². The molecule has 0 saturated heterocycles. The molecule has 0 atom stereocenters. The fourth-order valence-electron chi connectivity index (χ4n) is 3.35. The van der Waals surface area contributed by atoms with Gasteiger partial charge in [-0.15, -0.1) is 0 Å². The number of benzene rings is 3. The number of sulfonamides is 1. The van der Waals surface area contributed by atoms with Crippen LogP contribution in [0.3, 0.4) is 0 Å². The van der Waals surface area contributed by atoms with E-state index in [-0.39, 0.29) is 10.6 Å². The summed E-state index contributed by atoms with van der Waals surface area (Å²) in [7, 11) is -4.20. The number of carbonyl (C=O) groups excluding carboxylic acids is 1. The molecule has 3 rings (SSSR count). The summed E-state index contributed by atoms with van der Waals surface area (Å²) in [4.78, 5) is 13.3. The lowest BCUT2D eigenvalue weighted by atomic mass is 10.1. The van der Waals surface area contributed by atoms with Gasteiger partial charge in [-0.1, -0.05) is 43.1 Å². The van der Waals surface area contributed by atoms with Crippen molar-refractivity contribution in [3.63, 3.8) is 0 Å². The molecule has 0 radical (unpaired) electrons. The minimum Gasteiger partial charge on any atom is -0.483 e. The maximum atomic E-state index is 13.5. The first-order chi connectivity index (χ1) is 15.6. The van der Waals surface area contributed by atoms with Gasteiger partial charge in [0.05, 0.1) is 15.1 Å². The van der Waals surface area contributed by atoms with Gasteiger partial charge in [0.15, 0.2) is 6.61 Å². The van der Waals surface area contributed by atoms with Crippen molar-refractivity contribution in [2.45, 2.75) is 38.5 Å². The van der Waals surface area contributed by atoms with Crippen molar-refractivity contribution < 1.29 is 17.9 Å². The normalized spacial score (nSPS) is 11.3. The minimum atomic E-state index is -4.20. The molecule has 3 aromatic rings. The standard InChI is InChI=1S/C25H25BrClNO4S/c1-4-5-19-8-13-24(22(26)15-19)32-16-25(29)28(23-14-17(2)6-7-18(23)3)33(30,31)21-11-9-20(27)10-12-21/h6-15H,4-5,16H2,1-3H3. The summed E-state index contributed by atoms with van der Waals surface area (Å²) in [5, 5.41) is 0.401. The van der Waals surface area contributed by atoms with Gasteiger partial charge in [0.1, 0.15) is 5.75 Å². The predicted molar refractivity (Wildman–Crippen MR) is 136 cm³/mol. The molecule has 0 saturated carbocycles. The van der Waals surface area contributed by atoms with E-state index in [1.165, 1.54) is 24.3 Å². The Kier molecular flexibility index (Phi) is 8.21. The van der Waals surface area contributed by atoms with E-state index < -0.39 is 22.5 Å². The molecule has 1 amide bonds. The number of ether oxygens (including phenoxy) is 1. The third-order valence-electron chi connectivity index (χ3n) is 5.05. The van der Waals surface area contributed by atoms with E-state index in [2.05, 4.69) is 22.9 Å². The van der Waals surface area contributed by atoms with Crippen molar-refractivity contribution in [3.8, 4) is 5.75 Å². The number of halogens is 2. The molecule has 0 aliphatic carbocycles. The molecular formula is C25H25BrClNO4S. The Morgan fingerprint density at radius 2 is 1.73 bits per heavy atom.